The van der Waals surface area contributed by atoms with Crippen LogP contribution in [0.2, 0.25) is 0 Å². The molecule has 0 aliphatic rings. The van der Waals surface area contributed by atoms with Gasteiger partial charge in [-0.25, -0.2) is 0 Å². The molecule has 0 N–H and O–H groups in total. The van der Waals surface area contributed by atoms with E-state index in [0.717, 1.165) is 0 Å². The molecule has 0 saturated heterocycles. The Bertz CT molecular complexity index is 249. The lowest BCUT2D eigenvalue weighted by molar-refractivity contribution is 0.222. The monoisotopic (exact) mass is 380 g/mol. The summed E-state index contributed by atoms with van der Waals surface area (Å²) in [6.07, 6.45) is 32.0. The minimum Gasteiger partial charge on any atom is -0.0654 e. The van der Waals surface area contributed by atoms with Crippen molar-refractivity contribution < 1.29 is 0 Å². The van der Waals surface area contributed by atoms with E-state index < -0.39 is 0 Å². The van der Waals surface area contributed by atoms with Crippen molar-refractivity contribution in [3.8, 4) is 0 Å². The van der Waals surface area contributed by atoms with Crippen LogP contribution in [0.5, 0.6) is 0 Å². The third kappa shape index (κ3) is 19.1. The molecule has 0 unspecified atom stereocenters. The quantitative estimate of drug-likeness (QED) is 0.164. The Hall–Kier alpha value is 0. The summed E-state index contributed by atoms with van der Waals surface area (Å²) in [5.74, 6) is 0. The highest BCUT2D eigenvalue weighted by Crippen LogP contribution is 2.36. The first-order valence-corrected chi connectivity index (χ1v) is 13.2. The standard InChI is InChI=1S/C27H56/c1-5-8-11-14-16-19-22-25-27(4,24-21-18-13-10-7-3)26-23-20-17-15-12-9-6-2/h5-26H2,1-4H3. The first-order valence-electron chi connectivity index (χ1n) is 13.2. The van der Waals surface area contributed by atoms with E-state index in [1.54, 1.807) is 0 Å². The normalized spacial score (nSPS) is 12.0. The fourth-order valence-corrected chi connectivity index (χ4v) is 4.55. The highest BCUT2D eigenvalue weighted by Gasteiger charge is 2.22. The van der Waals surface area contributed by atoms with Crippen LogP contribution < -0.4 is 0 Å². The molecule has 0 aromatic rings. The summed E-state index contributed by atoms with van der Waals surface area (Å²) < 4.78 is 0. The van der Waals surface area contributed by atoms with E-state index in [1.165, 1.54) is 141 Å². The zero-order valence-corrected chi connectivity index (χ0v) is 20.1. The van der Waals surface area contributed by atoms with Crippen molar-refractivity contribution >= 4 is 0 Å². The highest BCUT2D eigenvalue weighted by molar-refractivity contribution is 4.75. The maximum Gasteiger partial charge on any atom is -0.0326 e. The Morgan fingerprint density at radius 1 is 0.333 bits per heavy atom. The van der Waals surface area contributed by atoms with Gasteiger partial charge in [0, 0.05) is 0 Å². The summed E-state index contributed by atoms with van der Waals surface area (Å²) in [4.78, 5) is 0. The SMILES string of the molecule is CCCCCCCCCC(C)(CCCCCCC)CCCCCCCCC. The van der Waals surface area contributed by atoms with Gasteiger partial charge in [-0.2, -0.15) is 0 Å². The summed E-state index contributed by atoms with van der Waals surface area (Å²) in [5.41, 5.74) is 0.638. The largest absolute Gasteiger partial charge is 0.0654 e. The molecule has 0 fully saturated rings. The molecule has 27 heavy (non-hydrogen) atoms. The Kier molecular flexibility index (Phi) is 20.7. The smallest absolute Gasteiger partial charge is 0.0326 e. The number of unbranched alkanes of at least 4 members (excludes halogenated alkanes) is 16. The highest BCUT2D eigenvalue weighted by atomic mass is 14.3. The molecule has 0 aliphatic carbocycles. The molecule has 0 aliphatic heterocycles. The van der Waals surface area contributed by atoms with Gasteiger partial charge in [-0.1, -0.05) is 150 Å². The number of hydrogen-bond donors (Lipinski definition) is 0. The first-order chi connectivity index (χ1) is 13.2. The van der Waals surface area contributed by atoms with Crippen molar-refractivity contribution in [1.29, 1.82) is 0 Å². The van der Waals surface area contributed by atoms with Gasteiger partial charge in [-0.15, -0.1) is 0 Å². The second-order valence-electron chi connectivity index (χ2n) is 9.72. The van der Waals surface area contributed by atoms with Gasteiger partial charge in [0.05, 0.1) is 0 Å². The van der Waals surface area contributed by atoms with Crippen molar-refractivity contribution in [3.05, 3.63) is 0 Å². The summed E-state index contributed by atoms with van der Waals surface area (Å²) in [6, 6.07) is 0. The Morgan fingerprint density at radius 3 is 0.815 bits per heavy atom. The van der Waals surface area contributed by atoms with E-state index in [4.69, 9.17) is 0 Å². The Balaban J connectivity index is 4.00. The predicted molar refractivity (Wildman–Crippen MR) is 127 cm³/mol. The lowest BCUT2D eigenvalue weighted by atomic mass is 9.75. The average Bonchev–Trinajstić information content (AvgIpc) is 2.66. The molecule has 0 radical (unpaired) electrons. The molecule has 0 rings (SSSR count). The van der Waals surface area contributed by atoms with Crippen LogP contribution in [-0.2, 0) is 0 Å². The Morgan fingerprint density at radius 2 is 0.556 bits per heavy atom. The van der Waals surface area contributed by atoms with E-state index in [2.05, 4.69) is 27.7 Å². The predicted octanol–water partition coefficient (Wildman–Crippen LogP) is 10.6. The van der Waals surface area contributed by atoms with Crippen LogP contribution in [0.3, 0.4) is 0 Å². The second-order valence-corrected chi connectivity index (χ2v) is 9.72. The summed E-state index contributed by atoms with van der Waals surface area (Å²) >= 11 is 0. The van der Waals surface area contributed by atoms with Crippen LogP contribution >= 0.6 is 0 Å². The first kappa shape index (κ1) is 27.0. The Labute approximate surface area is 174 Å². The van der Waals surface area contributed by atoms with Crippen molar-refractivity contribution in [2.75, 3.05) is 0 Å². The van der Waals surface area contributed by atoms with Gasteiger partial charge < -0.3 is 0 Å². The summed E-state index contributed by atoms with van der Waals surface area (Å²) in [5, 5.41) is 0. The van der Waals surface area contributed by atoms with Crippen LogP contribution in [-0.4, -0.2) is 0 Å². The van der Waals surface area contributed by atoms with Gasteiger partial charge in [0.1, 0.15) is 0 Å². The van der Waals surface area contributed by atoms with Crippen LogP contribution in [0.25, 0.3) is 0 Å². The van der Waals surface area contributed by atoms with Crippen molar-refractivity contribution in [2.45, 2.75) is 169 Å². The molecule has 164 valence electrons. The number of hydrogen-bond acceptors (Lipinski definition) is 0. The van der Waals surface area contributed by atoms with E-state index in [0.29, 0.717) is 5.41 Å². The molecule has 0 aromatic carbocycles. The molecule has 0 bridgehead atoms. The molecule has 0 nitrogen and oxygen atoms in total. The van der Waals surface area contributed by atoms with Crippen LogP contribution in [0.1, 0.15) is 169 Å². The molecule has 0 heterocycles. The van der Waals surface area contributed by atoms with Crippen molar-refractivity contribution in [3.63, 3.8) is 0 Å². The average molecular weight is 381 g/mol. The van der Waals surface area contributed by atoms with Crippen molar-refractivity contribution in [2.24, 2.45) is 5.41 Å². The van der Waals surface area contributed by atoms with E-state index in [1.807, 2.05) is 0 Å². The fourth-order valence-electron chi connectivity index (χ4n) is 4.55. The lowest BCUT2D eigenvalue weighted by Gasteiger charge is -2.30. The third-order valence-corrected chi connectivity index (χ3v) is 6.65. The van der Waals surface area contributed by atoms with Gasteiger partial charge in [0.15, 0.2) is 0 Å². The van der Waals surface area contributed by atoms with E-state index in [-0.39, 0.29) is 0 Å². The minimum absolute atomic E-state index is 0.638. The fraction of sp³-hybridized carbons (Fsp3) is 1.00. The van der Waals surface area contributed by atoms with E-state index in [9.17, 15) is 0 Å². The van der Waals surface area contributed by atoms with Gasteiger partial charge in [0.2, 0.25) is 0 Å². The molecule has 0 spiro atoms. The zero-order chi connectivity index (χ0) is 20.1. The molecular formula is C27H56. The van der Waals surface area contributed by atoms with Gasteiger partial charge in [-0.3, -0.25) is 0 Å². The molecule has 0 saturated carbocycles. The summed E-state index contributed by atoms with van der Waals surface area (Å²) in [6.45, 7) is 9.58. The molecule has 0 amide bonds. The topological polar surface area (TPSA) is 0 Å². The maximum atomic E-state index is 2.63. The molecule has 0 heteroatoms. The molecular weight excluding hydrogens is 324 g/mol. The molecule has 0 aromatic heterocycles. The minimum atomic E-state index is 0.638. The zero-order valence-electron chi connectivity index (χ0n) is 20.1. The molecule has 0 atom stereocenters. The third-order valence-electron chi connectivity index (χ3n) is 6.65. The van der Waals surface area contributed by atoms with Crippen LogP contribution in [0, 0.1) is 5.41 Å². The van der Waals surface area contributed by atoms with Gasteiger partial charge in [0.25, 0.3) is 0 Å². The van der Waals surface area contributed by atoms with Crippen molar-refractivity contribution in [1.82, 2.24) is 0 Å². The van der Waals surface area contributed by atoms with Crippen LogP contribution in [0.4, 0.5) is 0 Å². The van der Waals surface area contributed by atoms with Gasteiger partial charge >= 0.3 is 0 Å². The van der Waals surface area contributed by atoms with Gasteiger partial charge in [-0.05, 0) is 24.7 Å². The summed E-state index contributed by atoms with van der Waals surface area (Å²) in [7, 11) is 0. The van der Waals surface area contributed by atoms with Crippen LogP contribution in [0.15, 0.2) is 0 Å². The van der Waals surface area contributed by atoms with E-state index >= 15 is 0 Å². The maximum absolute atomic E-state index is 2.63. The lowest BCUT2D eigenvalue weighted by Crippen LogP contribution is -2.16. The number of rotatable bonds is 22. The second kappa shape index (κ2) is 20.7.